The fourth-order valence-corrected chi connectivity index (χ4v) is 2.33. The average Bonchev–Trinajstić information content (AvgIpc) is 2.75. The first-order valence-electron chi connectivity index (χ1n) is 9.37. The first kappa shape index (κ1) is 22.9. The molecule has 3 N–H and O–H groups in total. The van der Waals surface area contributed by atoms with Gasteiger partial charge in [-0.05, 0) is 60.5 Å². The zero-order valence-electron chi connectivity index (χ0n) is 16.5. The lowest BCUT2D eigenvalue weighted by molar-refractivity contribution is -0.139. The lowest BCUT2D eigenvalue weighted by Gasteiger charge is -2.08. The van der Waals surface area contributed by atoms with E-state index in [-0.39, 0.29) is 12.5 Å². The Bertz CT molecular complexity index is 883. The Hall–Kier alpha value is -3.39. The molecule has 0 spiro atoms. The topological polar surface area (TPSA) is 109 Å². The van der Waals surface area contributed by atoms with Crippen molar-refractivity contribution >= 4 is 41.2 Å². The van der Waals surface area contributed by atoms with E-state index in [1.54, 1.807) is 48.5 Å². The van der Waals surface area contributed by atoms with Crippen LogP contribution in [0.4, 0.5) is 5.69 Å². The van der Waals surface area contributed by atoms with E-state index in [0.717, 1.165) is 12.8 Å². The van der Waals surface area contributed by atoms with Crippen LogP contribution in [0, 0.1) is 0 Å². The maximum Gasteiger partial charge on any atom is 0.329 e. The van der Waals surface area contributed by atoms with Gasteiger partial charge in [0.2, 0.25) is 0 Å². The Morgan fingerprint density at radius 2 is 1.73 bits per heavy atom. The summed E-state index contributed by atoms with van der Waals surface area (Å²) in [5.74, 6) is -1.35. The highest BCUT2D eigenvalue weighted by molar-refractivity contribution is 6.35. The fraction of sp³-hybridized carbons (Fsp3) is 0.238. The van der Waals surface area contributed by atoms with Crippen LogP contribution in [0.5, 0.6) is 5.75 Å². The number of anilines is 1. The van der Waals surface area contributed by atoms with Crippen molar-refractivity contribution in [2.45, 2.75) is 19.8 Å². The van der Waals surface area contributed by atoms with Gasteiger partial charge in [0, 0.05) is 17.3 Å². The van der Waals surface area contributed by atoms with Crippen LogP contribution < -0.4 is 20.8 Å². The van der Waals surface area contributed by atoms with Gasteiger partial charge in [-0.15, -0.1) is 0 Å². The summed E-state index contributed by atoms with van der Waals surface area (Å²) >= 11 is 5.80. The zero-order valence-corrected chi connectivity index (χ0v) is 17.2. The number of hydrogen-bond acceptors (Lipinski definition) is 5. The van der Waals surface area contributed by atoms with Crippen LogP contribution in [0.3, 0.4) is 0 Å². The standard InChI is InChI=1S/C21H23ClN4O4/c1-2-3-12-23-20(28)21(29)26-24-13-15-4-10-18(11-5-15)30-14-19(27)25-17-8-6-16(22)7-9-17/h4-11,13H,2-3,12,14H2,1H3,(H,23,28)(H,25,27)(H,26,29)/b24-13-. The molecule has 0 aliphatic carbocycles. The van der Waals surface area contributed by atoms with E-state index in [0.29, 0.717) is 28.6 Å². The molecule has 2 aromatic carbocycles. The Morgan fingerprint density at radius 1 is 1.03 bits per heavy atom. The van der Waals surface area contributed by atoms with Crippen LogP contribution >= 0.6 is 11.6 Å². The predicted molar refractivity (Wildman–Crippen MR) is 116 cm³/mol. The molecule has 0 saturated heterocycles. The van der Waals surface area contributed by atoms with Gasteiger partial charge in [-0.25, -0.2) is 5.43 Å². The minimum Gasteiger partial charge on any atom is -0.484 e. The molecule has 8 nitrogen and oxygen atoms in total. The molecular weight excluding hydrogens is 408 g/mol. The lowest BCUT2D eigenvalue weighted by atomic mass is 10.2. The number of unbranched alkanes of at least 4 members (excludes halogenated alkanes) is 1. The van der Waals surface area contributed by atoms with Gasteiger partial charge in [-0.3, -0.25) is 14.4 Å². The van der Waals surface area contributed by atoms with Crippen LogP contribution in [0.1, 0.15) is 25.3 Å². The van der Waals surface area contributed by atoms with Crippen molar-refractivity contribution in [1.29, 1.82) is 0 Å². The fourth-order valence-electron chi connectivity index (χ4n) is 2.20. The average molecular weight is 431 g/mol. The molecule has 30 heavy (non-hydrogen) atoms. The third kappa shape index (κ3) is 8.32. The first-order chi connectivity index (χ1) is 14.5. The molecule has 2 aromatic rings. The molecule has 0 heterocycles. The second-order valence-electron chi connectivity index (χ2n) is 6.22. The number of nitrogens with one attached hydrogen (secondary N) is 3. The number of hydrazone groups is 1. The smallest absolute Gasteiger partial charge is 0.329 e. The van der Waals surface area contributed by atoms with Gasteiger partial charge >= 0.3 is 11.8 Å². The van der Waals surface area contributed by atoms with Crippen LogP contribution in [0.2, 0.25) is 5.02 Å². The summed E-state index contributed by atoms with van der Waals surface area (Å²) in [7, 11) is 0. The number of nitrogens with zero attached hydrogens (tertiary/aromatic N) is 1. The summed E-state index contributed by atoms with van der Waals surface area (Å²) in [6.07, 6.45) is 3.13. The van der Waals surface area contributed by atoms with Gasteiger partial charge in [0.15, 0.2) is 6.61 Å². The third-order valence-electron chi connectivity index (χ3n) is 3.78. The van der Waals surface area contributed by atoms with Crippen LogP contribution in [0.25, 0.3) is 0 Å². The monoisotopic (exact) mass is 430 g/mol. The van der Waals surface area contributed by atoms with E-state index >= 15 is 0 Å². The van der Waals surface area contributed by atoms with Gasteiger partial charge in [0.05, 0.1) is 6.21 Å². The van der Waals surface area contributed by atoms with E-state index in [9.17, 15) is 14.4 Å². The van der Waals surface area contributed by atoms with Crippen LogP contribution in [-0.4, -0.2) is 37.1 Å². The number of hydrogen-bond donors (Lipinski definition) is 3. The van der Waals surface area contributed by atoms with Gasteiger partial charge in [-0.2, -0.15) is 5.10 Å². The quantitative estimate of drug-likeness (QED) is 0.246. The minimum atomic E-state index is -0.825. The maximum atomic E-state index is 11.9. The summed E-state index contributed by atoms with van der Waals surface area (Å²) in [5.41, 5.74) is 3.47. The van der Waals surface area contributed by atoms with Crippen molar-refractivity contribution in [2.75, 3.05) is 18.5 Å². The third-order valence-corrected chi connectivity index (χ3v) is 4.03. The van der Waals surface area contributed by atoms with Crippen molar-refractivity contribution in [1.82, 2.24) is 10.7 Å². The number of ether oxygens (including phenoxy) is 1. The second kappa shape index (κ2) is 12.2. The summed E-state index contributed by atoms with van der Waals surface area (Å²) in [4.78, 5) is 35.0. The summed E-state index contributed by atoms with van der Waals surface area (Å²) in [5, 5.41) is 9.53. The van der Waals surface area contributed by atoms with E-state index in [1.165, 1.54) is 6.21 Å². The highest BCUT2D eigenvalue weighted by atomic mass is 35.5. The number of halogens is 1. The molecule has 0 radical (unpaired) electrons. The van der Waals surface area contributed by atoms with Crippen molar-refractivity contribution in [3.8, 4) is 5.75 Å². The predicted octanol–water partition coefficient (Wildman–Crippen LogP) is 2.72. The van der Waals surface area contributed by atoms with E-state index in [1.807, 2.05) is 6.92 Å². The molecule has 0 fully saturated rings. The molecule has 0 saturated carbocycles. The first-order valence-corrected chi connectivity index (χ1v) is 9.75. The zero-order chi connectivity index (χ0) is 21.8. The molecule has 9 heteroatoms. The van der Waals surface area contributed by atoms with Crippen molar-refractivity contribution in [3.05, 3.63) is 59.1 Å². The van der Waals surface area contributed by atoms with E-state index in [4.69, 9.17) is 16.3 Å². The van der Waals surface area contributed by atoms with Crippen molar-refractivity contribution in [2.24, 2.45) is 5.10 Å². The normalized spacial score (nSPS) is 10.5. The Morgan fingerprint density at radius 3 is 2.40 bits per heavy atom. The molecular formula is C21H23ClN4O4. The molecule has 158 valence electrons. The SMILES string of the molecule is CCCCNC(=O)C(=O)N/N=C\c1ccc(OCC(=O)Nc2ccc(Cl)cc2)cc1. The molecule has 3 amide bonds. The van der Waals surface area contributed by atoms with E-state index in [2.05, 4.69) is 21.2 Å². The van der Waals surface area contributed by atoms with Gasteiger partial charge in [0.25, 0.3) is 5.91 Å². The Kier molecular flexibility index (Phi) is 9.33. The molecule has 0 aromatic heterocycles. The van der Waals surface area contributed by atoms with Crippen molar-refractivity contribution in [3.63, 3.8) is 0 Å². The van der Waals surface area contributed by atoms with Gasteiger partial charge < -0.3 is 15.4 Å². The number of rotatable bonds is 9. The minimum absolute atomic E-state index is 0.154. The lowest BCUT2D eigenvalue weighted by Crippen LogP contribution is -2.38. The summed E-state index contributed by atoms with van der Waals surface area (Å²) < 4.78 is 5.43. The van der Waals surface area contributed by atoms with Gasteiger partial charge in [0.1, 0.15) is 5.75 Å². The molecule has 0 atom stereocenters. The Labute approximate surface area is 179 Å². The van der Waals surface area contributed by atoms with Crippen molar-refractivity contribution < 1.29 is 19.1 Å². The highest BCUT2D eigenvalue weighted by Gasteiger charge is 2.11. The van der Waals surface area contributed by atoms with Crippen LogP contribution in [0.15, 0.2) is 53.6 Å². The van der Waals surface area contributed by atoms with E-state index < -0.39 is 11.8 Å². The number of benzene rings is 2. The van der Waals surface area contributed by atoms with Crippen LogP contribution in [-0.2, 0) is 14.4 Å². The molecule has 0 aliphatic rings. The number of amides is 3. The molecule has 0 unspecified atom stereocenters. The molecule has 2 rings (SSSR count). The summed E-state index contributed by atoms with van der Waals surface area (Å²) in [6.45, 7) is 2.29. The van der Waals surface area contributed by atoms with Gasteiger partial charge in [-0.1, -0.05) is 24.9 Å². The second-order valence-corrected chi connectivity index (χ2v) is 6.66. The number of carbonyl (C=O) groups excluding carboxylic acids is 3. The maximum absolute atomic E-state index is 11.9. The molecule has 0 aliphatic heterocycles. The Balaban J connectivity index is 1.74. The highest BCUT2D eigenvalue weighted by Crippen LogP contribution is 2.14. The largest absolute Gasteiger partial charge is 0.484 e. The number of carbonyl (C=O) groups is 3. The molecule has 0 bridgehead atoms. The summed E-state index contributed by atoms with van der Waals surface area (Å²) in [6, 6.07) is 13.5.